The first kappa shape index (κ1) is 20.7. The molecular weight excluding hydrogens is 392 g/mol. The Hall–Kier alpha value is -4.07. The van der Waals surface area contributed by atoms with Crippen LogP contribution in [0.2, 0.25) is 0 Å². The van der Waals surface area contributed by atoms with E-state index in [-0.39, 0.29) is 5.69 Å². The number of amides is 2. The molecule has 6 nitrogen and oxygen atoms in total. The first-order valence-corrected chi connectivity index (χ1v) is 8.83. The van der Waals surface area contributed by atoms with Crippen LogP contribution < -0.4 is 15.8 Å². The van der Waals surface area contributed by atoms with Gasteiger partial charge in [0, 0.05) is 18.3 Å². The van der Waals surface area contributed by atoms with Crippen LogP contribution in [0.3, 0.4) is 0 Å². The maximum absolute atomic E-state index is 13.8. The molecule has 3 rings (SSSR count). The van der Waals surface area contributed by atoms with Gasteiger partial charge in [0.05, 0.1) is 16.9 Å². The number of hydrogen-bond donors (Lipinski definition) is 2. The summed E-state index contributed by atoms with van der Waals surface area (Å²) in [6.07, 6.45) is 4.37. The summed E-state index contributed by atoms with van der Waals surface area (Å²) >= 11 is 0. The van der Waals surface area contributed by atoms with Gasteiger partial charge in [-0.25, -0.2) is 8.78 Å². The molecule has 0 aliphatic heterocycles. The van der Waals surface area contributed by atoms with Gasteiger partial charge in [-0.15, -0.1) is 0 Å². The van der Waals surface area contributed by atoms with E-state index in [4.69, 9.17) is 10.5 Å². The topological polar surface area (TPSA) is 94.3 Å². The van der Waals surface area contributed by atoms with Gasteiger partial charge in [0.1, 0.15) is 24.0 Å². The molecule has 3 aromatic rings. The molecule has 0 spiro atoms. The van der Waals surface area contributed by atoms with Crippen molar-refractivity contribution in [3.8, 4) is 5.75 Å². The second-order valence-electron chi connectivity index (χ2n) is 6.18. The number of halogens is 2. The zero-order valence-electron chi connectivity index (χ0n) is 15.6. The molecule has 0 aliphatic rings. The fourth-order valence-corrected chi connectivity index (χ4v) is 2.50. The first-order chi connectivity index (χ1) is 14.4. The summed E-state index contributed by atoms with van der Waals surface area (Å²) in [5.74, 6) is -3.21. The summed E-state index contributed by atoms with van der Waals surface area (Å²) in [7, 11) is 0. The predicted octanol–water partition coefficient (Wildman–Crippen LogP) is 3.69. The van der Waals surface area contributed by atoms with Crippen molar-refractivity contribution in [1.82, 2.24) is 4.98 Å². The van der Waals surface area contributed by atoms with Crippen LogP contribution >= 0.6 is 0 Å². The Bertz CT molecular complexity index is 1080. The van der Waals surface area contributed by atoms with Crippen molar-refractivity contribution < 1.29 is 23.1 Å². The van der Waals surface area contributed by atoms with Crippen molar-refractivity contribution >= 4 is 23.6 Å². The van der Waals surface area contributed by atoms with E-state index in [1.165, 1.54) is 12.2 Å². The SMILES string of the molecule is NC(=O)c1cc(NC(=O)/C=C/c2ccc(OCc3ccccn3)cc2)c(F)cc1F. The van der Waals surface area contributed by atoms with E-state index >= 15 is 0 Å². The number of nitrogens with zero attached hydrogens (tertiary/aromatic N) is 1. The molecule has 30 heavy (non-hydrogen) atoms. The Morgan fingerprint density at radius 3 is 2.50 bits per heavy atom. The highest BCUT2D eigenvalue weighted by Gasteiger charge is 2.14. The van der Waals surface area contributed by atoms with Gasteiger partial charge in [-0.05, 0) is 42.0 Å². The molecule has 2 aromatic carbocycles. The summed E-state index contributed by atoms with van der Waals surface area (Å²) in [6, 6.07) is 13.8. The highest BCUT2D eigenvalue weighted by Crippen LogP contribution is 2.20. The Kier molecular flexibility index (Phi) is 6.49. The lowest BCUT2D eigenvalue weighted by Gasteiger charge is -2.07. The summed E-state index contributed by atoms with van der Waals surface area (Å²) < 4.78 is 32.9. The first-order valence-electron chi connectivity index (χ1n) is 8.83. The van der Waals surface area contributed by atoms with Crippen molar-refractivity contribution in [3.05, 3.63) is 95.3 Å². The molecule has 1 aromatic heterocycles. The quantitative estimate of drug-likeness (QED) is 0.582. The van der Waals surface area contributed by atoms with Crippen LogP contribution in [-0.2, 0) is 11.4 Å². The molecule has 0 unspecified atom stereocenters. The molecule has 0 radical (unpaired) electrons. The van der Waals surface area contributed by atoms with E-state index in [2.05, 4.69) is 10.3 Å². The predicted molar refractivity (Wildman–Crippen MR) is 108 cm³/mol. The van der Waals surface area contributed by atoms with Gasteiger partial charge in [0.25, 0.3) is 5.91 Å². The van der Waals surface area contributed by atoms with Gasteiger partial charge in [-0.2, -0.15) is 0 Å². The highest BCUT2D eigenvalue weighted by molar-refractivity contribution is 6.03. The monoisotopic (exact) mass is 409 g/mol. The molecule has 2 amide bonds. The average molecular weight is 409 g/mol. The lowest BCUT2D eigenvalue weighted by molar-refractivity contribution is -0.111. The van der Waals surface area contributed by atoms with Crippen LogP contribution in [0.4, 0.5) is 14.5 Å². The van der Waals surface area contributed by atoms with E-state index < -0.39 is 29.0 Å². The Morgan fingerprint density at radius 1 is 1.07 bits per heavy atom. The number of nitrogens with two attached hydrogens (primary N) is 1. The minimum atomic E-state index is -1.10. The summed E-state index contributed by atoms with van der Waals surface area (Å²) in [5, 5.41) is 2.25. The smallest absolute Gasteiger partial charge is 0.251 e. The average Bonchev–Trinajstić information content (AvgIpc) is 2.74. The van der Waals surface area contributed by atoms with Crippen molar-refractivity contribution in [3.63, 3.8) is 0 Å². The summed E-state index contributed by atoms with van der Waals surface area (Å²) in [4.78, 5) is 27.3. The number of pyridine rings is 1. The molecule has 0 fully saturated rings. The summed E-state index contributed by atoms with van der Waals surface area (Å²) in [6.45, 7) is 0.328. The molecule has 8 heteroatoms. The fourth-order valence-electron chi connectivity index (χ4n) is 2.50. The number of carbonyl (C=O) groups excluding carboxylic acids is 2. The number of carbonyl (C=O) groups is 2. The third kappa shape index (κ3) is 5.48. The highest BCUT2D eigenvalue weighted by atomic mass is 19.1. The number of rotatable bonds is 7. The number of benzene rings is 2. The van der Waals surface area contributed by atoms with E-state index in [1.807, 2.05) is 18.2 Å². The van der Waals surface area contributed by atoms with Crippen molar-refractivity contribution in [2.24, 2.45) is 5.73 Å². The number of anilines is 1. The molecule has 0 aliphatic carbocycles. The standard InChI is InChI=1S/C22H17F2N3O3/c23-18-12-19(24)20(11-17(18)22(25)29)27-21(28)9-6-14-4-7-16(8-5-14)30-13-15-3-1-2-10-26-15/h1-12H,13H2,(H2,25,29)(H,27,28)/b9-6+. The van der Waals surface area contributed by atoms with Gasteiger partial charge < -0.3 is 15.8 Å². The second kappa shape index (κ2) is 9.42. The minimum Gasteiger partial charge on any atom is -0.487 e. The number of ether oxygens (including phenoxy) is 1. The molecule has 3 N–H and O–H groups in total. The van der Waals surface area contributed by atoms with Crippen molar-refractivity contribution in [2.45, 2.75) is 6.61 Å². The molecule has 152 valence electrons. The van der Waals surface area contributed by atoms with Crippen LogP contribution in [0.1, 0.15) is 21.6 Å². The van der Waals surface area contributed by atoms with Gasteiger partial charge >= 0.3 is 0 Å². The summed E-state index contributed by atoms with van der Waals surface area (Å²) in [5.41, 5.74) is 5.66. The van der Waals surface area contributed by atoms with Crippen molar-refractivity contribution in [1.29, 1.82) is 0 Å². The lowest BCUT2D eigenvalue weighted by Crippen LogP contribution is -2.16. The molecule has 0 bridgehead atoms. The zero-order valence-corrected chi connectivity index (χ0v) is 15.6. The number of aromatic nitrogens is 1. The van der Waals surface area contributed by atoms with Crippen molar-refractivity contribution in [2.75, 3.05) is 5.32 Å². The van der Waals surface area contributed by atoms with Gasteiger partial charge in [-0.1, -0.05) is 18.2 Å². The van der Waals surface area contributed by atoms with Crippen LogP contribution in [0.15, 0.2) is 66.9 Å². The lowest BCUT2D eigenvalue weighted by atomic mass is 10.1. The normalized spacial score (nSPS) is 10.7. The van der Waals surface area contributed by atoms with E-state index in [0.29, 0.717) is 24.0 Å². The molecule has 0 saturated heterocycles. The largest absolute Gasteiger partial charge is 0.487 e. The van der Waals surface area contributed by atoms with Gasteiger partial charge in [0.15, 0.2) is 0 Å². The second-order valence-corrected chi connectivity index (χ2v) is 6.18. The fraction of sp³-hybridized carbons (Fsp3) is 0.0455. The van der Waals surface area contributed by atoms with Gasteiger partial charge in [0.2, 0.25) is 5.91 Å². The zero-order chi connectivity index (χ0) is 21.5. The van der Waals surface area contributed by atoms with E-state index in [9.17, 15) is 18.4 Å². The number of nitrogens with one attached hydrogen (secondary N) is 1. The third-order valence-electron chi connectivity index (χ3n) is 4.00. The molecule has 0 atom stereocenters. The van der Waals surface area contributed by atoms with Crippen LogP contribution in [0, 0.1) is 11.6 Å². The maximum Gasteiger partial charge on any atom is 0.251 e. The van der Waals surface area contributed by atoms with E-state index in [0.717, 1.165) is 11.8 Å². The van der Waals surface area contributed by atoms with Crippen LogP contribution in [0.25, 0.3) is 6.08 Å². The number of hydrogen-bond acceptors (Lipinski definition) is 4. The Morgan fingerprint density at radius 2 is 1.83 bits per heavy atom. The van der Waals surface area contributed by atoms with Gasteiger partial charge in [-0.3, -0.25) is 14.6 Å². The number of primary amides is 1. The maximum atomic E-state index is 13.8. The minimum absolute atomic E-state index is 0.328. The van der Waals surface area contributed by atoms with E-state index in [1.54, 1.807) is 30.5 Å². The Labute approximate surface area is 171 Å². The molecule has 0 saturated carbocycles. The third-order valence-corrected chi connectivity index (χ3v) is 4.00. The Balaban J connectivity index is 1.60. The molecular formula is C22H17F2N3O3. The molecule has 1 heterocycles. The van der Waals surface area contributed by atoms with Crippen LogP contribution in [-0.4, -0.2) is 16.8 Å². The van der Waals surface area contributed by atoms with Crippen LogP contribution in [0.5, 0.6) is 5.75 Å².